The number of piperidine rings is 1. The van der Waals surface area contributed by atoms with Crippen LogP contribution in [0.25, 0.3) is 11.5 Å². The molecule has 0 radical (unpaired) electrons. The van der Waals surface area contributed by atoms with E-state index in [1.165, 1.54) is 18.3 Å². The average molecular weight is 566 g/mol. The second kappa shape index (κ2) is 11.0. The standard InChI is InChI=1S/C23H24ClN5O6S2/c1-3-16-13-26-23(35-16)15-11-17(29(31)32)21(25-12-15)28-9-7-14(8-10-28)22(30)27-37(33,34)19(4-2)18-5-6-20(24)36-18/h4-6,11-14,19H,2-3,7-10H2,1H3,(H,27,30). The summed E-state index contributed by atoms with van der Waals surface area (Å²) >= 11 is 7.02. The Morgan fingerprint density at radius 1 is 1.38 bits per heavy atom. The van der Waals surface area contributed by atoms with Crippen molar-refractivity contribution in [2.45, 2.75) is 31.4 Å². The molecule has 4 rings (SSSR count). The molecule has 3 aromatic heterocycles. The predicted octanol–water partition coefficient (Wildman–Crippen LogP) is 4.51. The molecule has 1 unspecified atom stereocenters. The van der Waals surface area contributed by atoms with Gasteiger partial charge in [0.05, 0.1) is 21.0 Å². The number of anilines is 1. The number of nitro groups is 1. The zero-order valence-corrected chi connectivity index (χ0v) is 22.2. The Morgan fingerprint density at radius 3 is 2.68 bits per heavy atom. The van der Waals surface area contributed by atoms with E-state index in [1.54, 1.807) is 23.2 Å². The lowest BCUT2D eigenvalue weighted by molar-refractivity contribution is -0.384. The van der Waals surface area contributed by atoms with Crippen molar-refractivity contribution in [3.8, 4) is 11.5 Å². The maximum atomic E-state index is 12.9. The molecule has 0 bridgehead atoms. The van der Waals surface area contributed by atoms with Crippen LogP contribution in [0.3, 0.4) is 0 Å². The number of halogens is 1. The number of thiophene rings is 1. The van der Waals surface area contributed by atoms with Crippen molar-refractivity contribution in [2.24, 2.45) is 5.92 Å². The summed E-state index contributed by atoms with van der Waals surface area (Å²) in [5.74, 6) is -0.131. The van der Waals surface area contributed by atoms with Gasteiger partial charge in [-0.15, -0.1) is 17.9 Å². The first-order valence-electron chi connectivity index (χ1n) is 11.4. The van der Waals surface area contributed by atoms with Gasteiger partial charge in [-0.3, -0.25) is 19.6 Å². The van der Waals surface area contributed by atoms with E-state index < -0.39 is 32.0 Å². The van der Waals surface area contributed by atoms with Gasteiger partial charge in [-0.25, -0.2) is 18.4 Å². The van der Waals surface area contributed by atoms with Crippen molar-refractivity contribution in [3.63, 3.8) is 0 Å². The molecule has 1 saturated heterocycles. The van der Waals surface area contributed by atoms with Crippen LogP contribution in [-0.2, 0) is 21.2 Å². The number of carbonyl (C=O) groups is 1. The number of sulfonamides is 1. The van der Waals surface area contributed by atoms with Gasteiger partial charge in [-0.2, -0.15) is 0 Å². The highest BCUT2D eigenvalue weighted by atomic mass is 35.5. The van der Waals surface area contributed by atoms with Crippen molar-refractivity contribution in [1.29, 1.82) is 0 Å². The number of carbonyl (C=O) groups excluding carboxylic acids is 1. The van der Waals surface area contributed by atoms with Gasteiger partial charge in [0.25, 0.3) is 0 Å². The SMILES string of the molecule is C=CC(c1ccc(Cl)s1)S(=O)(=O)NC(=O)C1CCN(c2ncc(-c3ncc(CC)o3)cc2[N+](=O)[O-])CC1. The molecule has 0 aromatic carbocycles. The third-order valence-electron chi connectivity index (χ3n) is 6.02. The molecule has 1 atom stereocenters. The Morgan fingerprint density at radius 2 is 2.11 bits per heavy atom. The van der Waals surface area contributed by atoms with Crippen LogP contribution in [-0.4, -0.2) is 42.3 Å². The molecule has 0 spiro atoms. The number of amides is 1. The van der Waals surface area contributed by atoms with E-state index in [1.807, 2.05) is 6.92 Å². The summed E-state index contributed by atoms with van der Waals surface area (Å²) in [5.41, 5.74) is 0.182. The summed E-state index contributed by atoms with van der Waals surface area (Å²) in [7, 11) is -4.07. The van der Waals surface area contributed by atoms with Crippen LogP contribution in [0.1, 0.15) is 35.7 Å². The molecule has 0 saturated carbocycles. The fourth-order valence-corrected chi connectivity index (χ4v) is 6.84. The molecule has 4 heterocycles. The van der Waals surface area contributed by atoms with Crippen molar-refractivity contribution < 1.29 is 22.6 Å². The minimum Gasteiger partial charge on any atom is -0.441 e. The fourth-order valence-electron chi connectivity index (χ4n) is 4.06. The van der Waals surface area contributed by atoms with Crippen LogP contribution in [0.4, 0.5) is 11.5 Å². The number of oxazole rings is 1. The van der Waals surface area contributed by atoms with Crippen LogP contribution in [0.5, 0.6) is 0 Å². The predicted molar refractivity (Wildman–Crippen MR) is 140 cm³/mol. The Balaban J connectivity index is 1.44. The summed E-state index contributed by atoms with van der Waals surface area (Å²) in [6, 6.07) is 4.53. The monoisotopic (exact) mass is 565 g/mol. The number of hydrogen-bond acceptors (Lipinski definition) is 10. The number of nitrogens with zero attached hydrogens (tertiary/aromatic N) is 4. The molecule has 1 amide bonds. The Bertz CT molecular complexity index is 1430. The molecule has 14 heteroatoms. The molecule has 1 fully saturated rings. The number of rotatable bonds is 9. The van der Waals surface area contributed by atoms with Crippen LogP contribution in [0, 0.1) is 16.0 Å². The molecule has 0 aliphatic carbocycles. The normalized spacial score (nSPS) is 15.4. The number of pyridine rings is 1. The van der Waals surface area contributed by atoms with Crippen molar-refractivity contribution in [2.75, 3.05) is 18.0 Å². The van der Waals surface area contributed by atoms with Gasteiger partial charge in [0.2, 0.25) is 27.6 Å². The van der Waals surface area contributed by atoms with E-state index in [4.69, 9.17) is 16.0 Å². The largest absolute Gasteiger partial charge is 0.441 e. The third kappa shape index (κ3) is 5.84. The summed E-state index contributed by atoms with van der Waals surface area (Å²) in [6.07, 6.45) is 5.51. The quantitative estimate of drug-likeness (QED) is 0.224. The van der Waals surface area contributed by atoms with Gasteiger partial charge in [0, 0.05) is 42.6 Å². The summed E-state index contributed by atoms with van der Waals surface area (Å²) < 4.78 is 33.9. The smallest absolute Gasteiger partial charge is 0.312 e. The van der Waals surface area contributed by atoms with Gasteiger partial charge in [0.15, 0.2) is 0 Å². The maximum Gasteiger partial charge on any atom is 0.312 e. The number of aromatic nitrogens is 2. The first kappa shape index (κ1) is 26.8. The minimum absolute atomic E-state index is 0.170. The number of nitrogens with one attached hydrogen (secondary N) is 1. The lowest BCUT2D eigenvalue weighted by atomic mass is 9.96. The van der Waals surface area contributed by atoms with Crippen LogP contribution in [0.15, 0.2) is 47.7 Å². The first-order valence-corrected chi connectivity index (χ1v) is 14.1. The van der Waals surface area contributed by atoms with Gasteiger partial charge in [-0.05, 0) is 25.0 Å². The van der Waals surface area contributed by atoms with Gasteiger partial charge >= 0.3 is 5.69 Å². The molecule has 1 aliphatic heterocycles. The zero-order chi connectivity index (χ0) is 26.7. The van der Waals surface area contributed by atoms with Crippen LogP contribution in [0.2, 0.25) is 4.34 Å². The molecule has 196 valence electrons. The van der Waals surface area contributed by atoms with Crippen molar-refractivity contribution >= 4 is 50.4 Å². The Labute approximate surface area is 222 Å². The summed E-state index contributed by atoms with van der Waals surface area (Å²) in [5, 5.41) is 10.7. The Kier molecular flexibility index (Phi) is 7.95. The van der Waals surface area contributed by atoms with E-state index in [2.05, 4.69) is 21.3 Å². The topological polar surface area (TPSA) is 149 Å². The van der Waals surface area contributed by atoms with Crippen LogP contribution < -0.4 is 9.62 Å². The molecular formula is C23H24ClN5O6S2. The van der Waals surface area contributed by atoms with E-state index in [-0.39, 0.29) is 30.5 Å². The van der Waals surface area contributed by atoms with Crippen molar-refractivity contribution in [1.82, 2.24) is 14.7 Å². The first-order chi connectivity index (χ1) is 17.6. The van der Waals surface area contributed by atoms with E-state index >= 15 is 0 Å². The second-order valence-electron chi connectivity index (χ2n) is 8.38. The van der Waals surface area contributed by atoms with Gasteiger partial charge < -0.3 is 9.32 Å². The molecule has 37 heavy (non-hydrogen) atoms. The maximum absolute atomic E-state index is 12.9. The van der Waals surface area contributed by atoms with E-state index in [0.717, 1.165) is 11.3 Å². The third-order valence-corrected chi connectivity index (χ3v) is 9.09. The average Bonchev–Trinajstić information content (AvgIpc) is 3.53. The summed E-state index contributed by atoms with van der Waals surface area (Å²) in [6.45, 7) is 6.07. The highest BCUT2D eigenvalue weighted by Crippen LogP contribution is 2.34. The number of aryl methyl sites for hydroxylation is 1. The number of hydrogen-bond donors (Lipinski definition) is 1. The van der Waals surface area contributed by atoms with Crippen LogP contribution >= 0.6 is 22.9 Å². The zero-order valence-electron chi connectivity index (χ0n) is 19.8. The summed E-state index contributed by atoms with van der Waals surface area (Å²) in [4.78, 5) is 34.7. The van der Waals surface area contributed by atoms with E-state index in [0.29, 0.717) is 39.8 Å². The lowest BCUT2D eigenvalue weighted by Crippen LogP contribution is -2.43. The Hall–Kier alpha value is -3.29. The van der Waals surface area contributed by atoms with Gasteiger partial charge in [-0.1, -0.05) is 24.6 Å². The van der Waals surface area contributed by atoms with E-state index in [9.17, 15) is 23.3 Å². The van der Waals surface area contributed by atoms with Gasteiger partial charge in [0.1, 0.15) is 11.0 Å². The molecule has 1 N–H and O–H groups in total. The molecular weight excluding hydrogens is 542 g/mol. The fraction of sp³-hybridized carbons (Fsp3) is 0.348. The highest BCUT2D eigenvalue weighted by Gasteiger charge is 2.34. The second-order valence-corrected chi connectivity index (χ2v) is 11.9. The molecule has 3 aromatic rings. The lowest BCUT2D eigenvalue weighted by Gasteiger charge is -2.31. The minimum atomic E-state index is -4.07. The molecule has 1 aliphatic rings. The highest BCUT2D eigenvalue weighted by molar-refractivity contribution is 7.90. The molecule has 11 nitrogen and oxygen atoms in total. The van der Waals surface area contributed by atoms with Crippen molar-refractivity contribution in [3.05, 3.63) is 68.3 Å².